The van der Waals surface area contributed by atoms with Crippen LogP contribution in [0.15, 0.2) is 83.9 Å². The van der Waals surface area contributed by atoms with E-state index in [1.54, 1.807) is 79.7 Å². The Morgan fingerprint density at radius 2 is 1.59 bits per heavy atom. The lowest BCUT2D eigenvalue weighted by molar-refractivity contribution is -0.238. The first kappa shape index (κ1) is 28.4. The zero-order valence-electron chi connectivity index (χ0n) is 21.7. The van der Waals surface area contributed by atoms with Gasteiger partial charge in [-0.15, -0.1) is 0 Å². The number of ether oxygens (including phenoxy) is 1. The molecule has 39 heavy (non-hydrogen) atoms. The van der Waals surface area contributed by atoms with E-state index in [4.69, 9.17) is 4.74 Å². The van der Waals surface area contributed by atoms with E-state index >= 15 is 13.2 Å². The number of alkyl halides is 3. The maximum absolute atomic E-state index is 15.0. The SMILES string of the molecule is Cc1cc(C)c(S(=O)(=O)N[C@H](C(F)(F)F)[C@](CC#N)(OCc2ccccc2)n2ccc3ccccc32)c(C)c1. The van der Waals surface area contributed by atoms with Crippen molar-refractivity contribution in [3.8, 4) is 6.07 Å². The molecular formula is C29H28F3N3O3S. The second-order valence-electron chi connectivity index (χ2n) is 9.52. The van der Waals surface area contributed by atoms with Crippen LogP contribution in [-0.4, -0.2) is 25.2 Å². The number of aromatic nitrogens is 1. The van der Waals surface area contributed by atoms with Gasteiger partial charge in [-0.1, -0.05) is 66.2 Å². The highest BCUT2D eigenvalue weighted by molar-refractivity contribution is 7.89. The van der Waals surface area contributed by atoms with Gasteiger partial charge in [0.2, 0.25) is 10.0 Å². The molecule has 2 atom stereocenters. The molecule has 0 fully saturated rings. The van der Waals surface area contributed by atoms with Crippen molar-refractivity contribution in [2.75, 3.05) is 0 Å². The van der Waals surface area contributed by atoms with Crippen LogP contribution in [0.4, 0.5) is 13.2 Å². The Hall–Kier alpha value is -3.65. The molecule has 0 saturated carbocycles. The molecule has 0 aliphatic heterocycles. The number of hydrogen-bond acceptors (Lipinski definition) is 4. The van der Waals surface area contributed by atoms with E-state index in [1.807, 2.05) is 10.8 Å². The third-order valence-corrected chi connectivity index (χ3v) is 8.32. The number of rotatable bonds is 9. The average Bonchev–Trinajstić information content (AvgIpc) is 3.29. The molecule has 0 spiro atoms. The van der Waals surface area contributed by atoms with Gasteiger partial charge in [0.15, 0.2) is 11.8 Å². The first-order valence-electron chi connectivity index (χ1n) is 12.2. The number of aryl methyl sites for hydroxylation is 3. The predicted molar refractivity (Wildman–Crippen MR) is 142 cm³/mol. The Balaban J connectivity index is 1.94. The van der Waals surface area contributed by atoms with Crippen LogP contribution < -0.4 is 4.72 Å². The number of halogens is 3. The summed E-state index contributed by atoms with van der Waals surface area (Å²) in [5.74, 6) is 0. The van der Waals surface area contributed by atoms with E-state index in [1.165, 1.54) is 24.6 Å². The summed E-state index contributed by atoms with van der Waals surface area (Å²) in [6.07, 6.45) is -4.54. The van der Waals surface area contributed by atoms with Gasteiger partial charge in [0.1, 0.15) is 0 Å². The largest absolute Gasteiger partial charge is 0.409 e. The van der Waals surface area contributed by atoms with Crippen molar-refractivity contribution in [1.29, 1.82) is 5.26 Å². The number of fused-ring (bicyclic) bond motifs is 1. The highest BCUT2D eigenvalue weighted by Crippen LogP contribution is 2.41. The summed E-state index contributed by atoms with van der Waals surface area (Å²) >= 11 is 0. The summed E-state index contributed by atoms with van der Waals surface area (Å²) in [7, 11) is -4.72. The van der Waals surface area contributed by atoms with Gasteiger partial charge in [-0.05, 0) is 55.0 Å². The summed E-state index contributed by atoms with van der Waals surface area (Å²) in [6, 6.07) is 19.0. The fraction of sp³-hybridized carbons (Fsp3) is 0.276. The van der Waals surface area contributed by atoms with Crippen LogP contribution in [0.25, 0.3) is 10.9 Å². The van der Waals surface area contributed by atoms with Crippen molar-refractivity contribution in [2.24, 2.45) is 0 Å². The van der Waals surface area contributed by atoms with Gasteiger partial charge < -0.3 is 9.30 Å². The van der Waals surface area contributed by atoms with E-state index in [0.29, 0.717) is 27.6 Å². The van der Waals surface area contributed by atoms with Crippen molar-refractivity contribution in [2.45, 2.75) is 56.6 Å². The van der Waals surface area contributed by atoms with Crippen molar-refractivity contribution in [3.63, 3.8) is 0 Å². The molecular weight excluding hydrogens is 527 g/mol. The first-order valence-corrected chi connectivity index (χ1v) is 13.7. The van der Waals surface area contributed by atoms with Crippen LogP contribution in [-0.2, 0) is 27.1 Å². The number of nitrogens with one attached hydrogen (secondary N) is 1. The highest BCUT2D eigenvalue weighted by Gasteiger charge is 2.58. The third kappa shape index (κ3) is 5.71. The van der Waals surface area contributed by atoms with E-state index in [9.17, 15) is 13.7 Å². The molecule has 204 valence electrons. The lowest BCUT2D eigenvalue weighted by Crippen LogP contribution is -2.62. The zero-order valence-corrected chi connectivity index (χ0v) is 22.5. The lowest BCUT2D eigenvalue weighted by Gasteiger charge is -2.41. The Morgan fingerprint density at radius 1 is 0.974 bits per heavy atom. The zero-order chi connectivity index (χ0) is 28.4. The lowest BCUT2D eigenvalue weighted by atomic mass is 9.99. The molecule has 0 aliphatic carbocycles. The van der Waals surface area contributed by atoms with Crippen LogP contribution in [0, 0.1) is 32.1 Å². The fourth-order valence-electron chi connectivity index (χ4n) is 5.06. The van der Waals surface area contributed by atoms with Crippen LogP contribution in [0.1, 0.15) is 28.7 Å². The number of sulfonamides is 1. The van der Waals surface area contributed by atoms with Gasteiger partial charge in [0, 0.05) is 6.20 Å². The van der Waals surface area contributed by atoms with Crippen molar-refractivity contribution >= 4 is 20.9 Å². The van der Waals surface area contributed by atoms with Crippen molar-refractivity contribution < 1.29 is 26.3 Å². The van der Waals surface area contributed by atoms with Gasteiger partial charge in [-0.25, -0.2) is 8.42 Å². The van der Waals surface area contributed by atoms with E-state index in [-0.39, 0.29) is 11.5 Å². The number of para-hydroxylation sites is 1. The molecule has 1 aromatic heterocycles. The van der Waals surface area contributed by atoms with E-state index in [0.717, 1.165) is 5.56 Å². The standard InChI is InChI=1S/C29H28F3N3O3S/c1-20-17-21(2)26(22(3)18-20)39(36,37)34-27(29(30,31)32)28(14-15-33,38-19-23-9-5-4-6-10-23)35-16-13-24-11-7-8-12-25(24)35/h4-13,16-18,27,34H,14,19H2,1-3H3/t27-,28-/m0/s1. The maximum atomic E-state index is 15.0. The molecule has 1 N–H and O–H groups in total. The van der Waals surface area contributed by atoms with Crippen LogP contribution in [0.2, 0.25) is 0 Å². The fourth-order valence-corrected chi connectivity index (χ4v) is 6.77. The Kier molecular flexibility index (Phi) is 7.89. The Bertz CT molecular complexity index is 1600. The molecule has 4 rings (SSSR count). The van der Waals surface area contributed by atoms with Gasteiger partial charge in [0.05, 0.1) is 29.5 Å². The van der Waals surface area contributed by atoms with Crippen molar-refractivity contribution in [1.82, 2.24) is 9.29 Å². The monoisotopic (exact) mass is 555 g/mol. The summed E-state index contributed by atoms with van der Waals surface area (Å²) < 4.78 is 81.6. The van der Waals surface area contributed by atoms with Crippen LogP contribution in [0.3, 0.4) is 0 Å². The molecule has 0 aliphatic rings. The van der Waals surface area contributed by atoms with Gasteiger partial charge in [0.25, 0.3) is 0 Å². The van der Waals surface area contributed by atoms with Gasteiger partial charge in [-0.2, -0.15) is 23.2 Å². The topological polar surface area (TPSA) is 84.1 Å². The molecule has 0 amide bonds. The minimum absolute atomic E-state index is 0.242. The number of benzene rings is 3. The van der Waals surface area contributed by atoms with Crippen molar-refractivity contribution in [3.05, 3.63) is 101 Å². The molecule has 3 aromatic carbocycles. The molecule has 0 bridgehead atoms. The van der Waals surface area contributed by atoms with Crippen LogP contribution >= 0.6 is 0 Å². The second kappa shape index (κ2) is 10.8. The average molecular weight is 556 g/mol. The number of hydrogen-bond donors (Lipinski definition) is 1. The molecule has 0 unspecified atom stereocenters. The summed E-state index contributed by atoms with van der Waals surface area (Å²) in [6.45, 7) is 4.54. The number of nitriles is 1. The Labute approximate surface area is 225 Å². The molecule has 10 heteroatoms. The smallest absolute Gasteiger partial charge is 0.347 e. The Morgan fingerprint density at radius 3 is 2.21 bits per heavy atom. The quantitative estimate of drug-likeness (QED) is 0.264. The molecule has 1 heterocycles. The minimum Gasteiger partial charge on any atom is -0.347 e. The normalized spacial score (nSPS) is 14.6. The second-order valence-corrected chi connectivity index (χ2v) is 11.2. The maximum Gasteiger partial charge on any atom is 0.409 e. The summed E-state index contributed by atoms with van der Waals surface area (Å²) in [4.78, 5) is -0.242. The molecule has 4 aromatic rings. The molecule has 0 radical (unpaired) electrons. The van der Waals surface area contributed by atoms with E-state index < -0.39 is 34.4 Å². The van der Waals surface area contributed by atoms with Crippen LogP contribution in [0.5, 0.6) is 0 Å². The van der Waals surface area contributed by atoms with E-state index in [2.05, 4.69) is 0 Å². The third-order valence-electron chi connectivity index (χ3n) is 6.60. The summed E-state index contributed by atoms with van der Waals surface area (Å²) in [5, 5.41) is 10.4. The predicted octanol–water partition coefficient (Wildman–Crippen LogP) is 6.26. The highest BCUT2D eigenvalue weighted by atomic mass is 32.2. The van der Waals surface area contributed by atoms with Gasteiger partial charge in [-0.3, -0.25) is 0 Å². The summed E-state index contributed by atoms with van der Waals surface area (Å²) in [5.41, 5.74) is -0.167. The van der Waals surface area contributed by atoms with Gasteiger partial charge >= 0.3 is 6.18 Å². The molecule has 0 saturated heterocycles. The number of nitrogens with zero attached hydrogens (tertiary/aromatic N) is 2. The first-order chi connectivity index (χ1) is 18.4. The minimum atomic E-state index is -5.14. The molecule has 6 nitrogen and oxygen atoms in total.